The summed E-state index contributed by atoms with van der Waals surface area (Å²) in [6.07, 6.45) is 4.49. The maximum absolute atomic E-state index is 13.0. The summed E-state index contributed by atoms with van der Waals surface area (Å²) >= 11 is 6.05. The van der Waals surface area contributed by atoms with Gasteiger partial charge in [0.15, 0.2) is 0 Å². The van der Waals surface area contributed by atoms with Crippen LogP contribution in [0.5, 0.6) is 0 Å². The van der Waals surface area contributed by atoms with Gasteiger partial charge in [-0.2, -0.15) is 0 Å². The van der Waals surface area contributed by atoms with E-state index in [1.54, 1.807) is 6.92 Å². The number of carbonyl (C=O) groups excluding carboxylic acids is 1. The van der Waals surface area contributed by atoms with Crippen LogP contribution < -0.4 is 5.32 Å². The van der Waals surface area contributed by atoms with Gasteiger partial charge in [-0.3, -0.25) is 4.79 Å². The van der Waals surface area contributed by atoms with Crippen LogP contribution in [-0.2, 0) is 0 Å². The third-order valence-corrected chi connectivity index (χ3v) is 4.57. The normalized spacial score (nSPS) is 17.4. The van der Waals surface area contributed by atoms with E-state index in [9.17, 15) is 9.18 Å². The highest BCUT2D eigenvalue weighted by molar-refractivity contribution is 6.18. The predicted molar refractivity (Wildman–Crippen MR) is 75.1 cm³/mol. The number of halogens is 2. The van der Waals surface area contributed by atoms with Crippen LogP contribution in [0.3, 0.4) is 0 Å². The number of carbonyl (C=O) groups is 1. The molecule has 1 fully saturated rings. The van der Waals surface area contributed by atoms with Crippen LogP contribution >= 0.6 is 11.6 Å². The Morgan fingerprint density at radius 1 is 1.42 bits per heavy atom. The van der Waals surface area contributed by atoms with Gasteiger partial charge in [-0.15, -0.1) is 11.6 Å². The first kappa shape index (κ1) is 14.3. The quantitative estimate of drug-likeness (QED) is 0.840. The van der Waals surface area contributed by atoms with Gasteiger partial charge in [0, 0.05) is 23.4 Å². The maximum Gasteiger partial charge on any atom is 0.251 e. The van der Waals surface area contributed by atoms with E-state index in [1.165, 1.54) is 31.0 Å². The first-order chi connectivity index (χ1) is 9.06. The monoisotopic (exact) mass is 283 g/mol. The van der Waals surface area contributed by atoms with E-state index in [1.807, 2.05) is 0 Å². The molecule has 1 aromatic rings. The molecule has 1 amide bonds. The van der Waals surface area contributed by atoms with Gasteiger partial charge in [0.05, 0.1) is 0 Å². The van der Waals surface area contributed by atoms with Crippen molar-refractivity contribution in [2.75, 3.05) is 12.4 Å². The minimum atomic E-state index is -0.318. The van der Waals surface area contributed by atoms with E-state index in [-0.39, 0.29) is 17.1 Å². The van der Waals surface area contributed by atoms with Crippen LogP contribution in [0, 0.1) is 18.2 Å². The lowest BCUT2D eigenvalue weighted by Crippen LogP contribution is -2.37. The van der Waals surface area contributed by atoms with E-state index in [0.717, 1.165) is 12.8 Å². The number of hydrogen-bond acceptors (Lipinski definition) is 1. The zero-order valence-electron chi connectivity index (χ0n) is 11.1. The number of nitrogens with one attached hydrogen (secondary N) is 1. The Morgan fingerprint density at radius 2 is 2.11 bits per heavy atom. The molecular weight excluding hydrogens is 265 g/mol. The topological polar surface area (TPSA) is 29.1 Å². The van der Waals surface area contributed by atoms with Gasteiger partial charge in [0.1, 0.15) is 5.82 Å². The van der Waals surface area contributed by atoms with Crippen LogP contribution in [0.25, 0.3) is 0 Å². The largest absolute Gasteiger partial charge is 0.351 e. The smallest absolute Gasteiger partial charge is 0.251 e. The molecular formula is C15H19ClFNO. The molecule has 0 heterocycles. The second-order valence-corrected chi connectivity index (χ2v) is 5.75. The number of amides is 1. The summed E-state index contributed by atoms with van der Waals surface area (Å²) in [6.45, 7) is 2.34. The molecule has 2 rings (SSSR count). The summed E-state index contributed by atoms with van der Waals surface area (Å²) in [5, 5.41) is 2.95. The molecule has 4 heteroatoms. The van der Waals surface area contributed by atoms with Crippen molar-refractivity contribution in [1.82, 2.24) is 5.32 Å². The average Bonchev–Trinajstić information content (AvgIpc) is 2.85. The molecule has 1 saturated carbocycles. The molecule has 0 spiro atoms. The molecule has 0 unspecified atom stereocenters. The molecule has 0 aromatic heterocycles. The van der Waals surface area contributed by atoms with Crippen LogP contribution in [0.2, 0.25) is 0 Å². The molecule has 1 aromatic carbocycles. The molecule has 104 valence electrons. The summed E-state index contributed by atoms with van der Waals surface area (Å²) in [4.78, 5) is 12.1. The predicted octanol–water partition coefficient (Wildman–Crippen LogP) is 3.66. The van der Waals surface area contributed by atoms with Crippen molar-refractivity contribution in [3.05, 3.63) is 35.1 Å². The van der Waals surface area contributed by atoms with E-state index < -0.39 is 0 Å². The van der Waals surface area contributed by atoms with Crippen molar-refractivity contribution in [3.63, 3.8) is 0 Å². The summed E-state index contributed by atoms with van der Waals surface area (Å²) in [5.41, 5.74) is 1.23. The SMILES string of the molecule is Cc1cc(F)ccc1C(=O)NCC1(CCl)CCCC1. The zero-order chi connectivity index (χ0) is 13.9. The minimum absolute atomic E-state index is 0.0468. The highest BCUT2D eigenvalue weighted by atomic mass is 35.5. The first-order valence-corrected chi connectivity index (χ1v) is 7.20. The molecule has 0 saturated heterocycles. The number of hydrogen-bond donors (Lipinski definition) is 1. The summed E-state index contributed by atoms with van der Waals surface area (Å²) in [7, 11) is 0. The van der Waals surface area contributed by atoms with E-state index in [4.69, 9.17) is 11.6 Å². The van der Waals surface area contributed by atoms with Crippen LogP contribution in [0.15, 0.2) is 18.2 Å². The van der Waals surface area contributed by atoms with Gasteiger partial charge < -0.3 is 5.32 Å². The minimum Gasteiger partial charge on any atom is -0.351 e. The van der Waals surface area contributed by atoms with Crippen LogP contribution in [0.1, 0.15) is 41.6 Å². The highest BCUT2D eigenvalue weighted by Gasteiger charge is 2.33. The van der Waals surface area contributed by atoms with E-state index >= 15 is 0 Å². The van der Waals surface area contributed by atoms with Crippen LogP contribution in [-0.4, -0.2) is 18.3 Å². The summed E-state index contributed by atoms with van der Waals surface area (Å²) in [5.74, 6) is 0.117. The number of aryl methyl sites for hydroxylation is 1. The average molecular weight is 284 g/mol. The Labute approximate surface area is 118 Å². The van der Waals surface area contributed by atoms with Gasteiger partial charge in [-0.25, -0.2) is 4.39 Å². The van der Waals surface area contributed by atoms with Crippen molar-refractivity contribution in [2.24, 2.45) is 5.41 Å². The first-order valence-electron chi connectivity index (χ1n) is 6.67. The molecule has 2 nitrogen and oxygen atoms in total. The Hall–Kier alpha value is -1.09. The lowest BCUT2D eigenvalue weighted by atomic mass is 9.88. The van der Waals surface area contributed by atoms with Gasteiger partial charge >= 0.3 is 0 Å². The van der Waals surface area contributed by atoms with E-state index in [0.29, 0.717) is 23.6 Å². The highest BCUT2D eigenvalue weighted by Crippen LogP contribution is 2.38. The Kier molecular flexibility index (Phi) is 4.46. The van der Waals surface area contributed by atoms with Gasteiger partial charge in [-0.1, -0.05) is 12.8 Å². The molecule has 1 N–H and O–H groups in total. The van der Waals surface area contributed by atoms with Crippen molar-refractivity contribution in [2.45, 2.75) is 32.6 Å². The molecule has 19 heavy (non-hydrogen) atoms. The standard InChI is InChI=1S/C15H19ClFNO/c1-11-8-12(17)4-5-13(11)14(19)18-10-15(9-16)6-2-3-7-15/h4-5,8H,2-3,6-7,9-10H2,1H3,(H,18,19). The zero-order valence-corrected chi connectivity index (χ0v) is 11.9. The molecule has 1 aliphatic carbocycles. The van der Waals surface area contributed by atoms with Gasteiger partial charge in [-0.05, 0) is 43.5 Å². The number of benzene rings is 1. The van der Waals surface area contributed by atoms with Gasteiger partial charge in [0.2, 0.25) is 0 Å². The molecule has 0 aliphatic heterocycles. The van der Waals surface area contributed by atoms with Crippen molar-refractivity contribution < 1.29 is 9.18 Å². The molecule has 0 bridgehead atoms. The molecule has 0 radical (unpaired) electrons. The maximum atomic E-state index is 13.0. The third kappa shape index (κ3) is 3.27. The Bertz CT molecular complexity index is 469. The summed E-state index contributed by atoms with van der Waals surface area (Å²) < 4.78 is 13.0. The Balaban J connectivity index is 2.01. The lowest BCUT2D eigenvalue weighted by molar-refractivity contribution is 0.0934. The van der Waals surface area contributed by atoms with Crippen LogP contribution in [0.4, 0.5) is 4.39 Å². The van der Waals surface area contributed by atoms with E-state index in [2.05, 4.69) is 5.32 Å². The number of rotatable bonds is 4. The van der Waals surface area contributed by atoms with Crippen molar-refractivity contribution in [3.8, 4) is 0 Å². The second kappa shape index (κ2) is 5.91. The third-order valence-electron chi connectivity index (χ3n) is 4.00. The fourth-order valence-electron chi connectivity index (χ4n) is 2.73. The molecule has 1 aliphatic rings. The Morgan fingerprint density at radius 3 is 2.68 bits per heavy atom. The molecule has 0 atom stereocenters. The fourth-order valence-corrected chi connectivity index (χ4v) is 3.09. The van der Waals surface area contributed by atoms with Crippen molar-refractivity contribution >= 4 is 17.5 Å². The lowest BCUT2D eigenvalue weighted by Gasteiger charge is -2.26. The summed E-state index contributed by atoms with van der Waals surface area (Å²) in [6, 6.07) is 4.22. The fraction of sp³-hybridized carbons (Fsp3) is 0.533. The van der Waals surface area contributed by atoms with Crippen molar-refractivity contribution in [1.29, 1.82) is 0 Å². The number of alkyl halides is 1. The second-order valence-electron chi connectivity index (χ2n) is 5.48. The van der Waals surface area contributed by atoms with Gasteiger partial charge in [0.25, 0.3) is 5.91 Å².